The molecule has 0 spiro atoms. The molecular formula is C19H22N2O5S2. The molecule has 1 aliphatic heterocycles. The van der Waals surface area contributed by atoms with Crippen molar-refractivity contribution >= 4 is 31.5 Å². The largest absolute Gasteiger partial charge is 0.348 e. The van der Waals surface area contributed by atoms with Gasteiger partial charge in [-0.2, -0.15) is 0 Å². The van der Waals surface area contributed by atoms with Gasteiger partial charge in [0.05, 0.1) is 16.4 Å². The normalized spacial score (nSPS) is 18.6. The van der Waals surface area contributed by atoms with Crippen molar-refractivity contribution < 1.29 is 21.6 Å². The van der Waals surface area contributed by atoms with Crippen molar-refractivity contribution in [2.45, 2.75) is 31.2 Å². The maximum atomic E-state index is 12.7. The van der Waals surface area contributed by atoms with Gasteiger partial charge < -0.3 is 5.32 Å². The van der Waals surface area contributed by atoms with E-state index in [0.29, 0.717) is 12.0 Å². The number of anilines is 1. The van der Waals surface area contributed by atoms with Gasteiger partial charge in [0.25, 0.3) is 15.9 Å². The van der Waals surface area contributed by atoms with Crippen LogP contribution in [0, 0.1) is 13.8 Å². The predicted octanol–water partition coefficient (Wildman–Crippen LogP) is 2.02. The van der Waals surface area contributed by atoms with Gasteiger partial charge in [-0.15, -0.1) is 0 Å². The second kappa shape index (κ2) is 7.56. The zero-order valence-electron chi connectivity index (χ0n) is 15.6. The summed E-state index contributed by atoms with van der Waals surface area (Å²) in [6.45, 7) is 3.53. The second-order valence-corrected chi connectivity index (χ2v) is 10.9. The van der Waals surface area contributed by atoms with E-state index in [-0.39, 0.29) is 27.7 Å². The maximum absolute atomic E-state index is 12.7. The number of carbonyl (C=O) groups is 1. The van der Waals surface area contributed by atoms with Crippen molar-refractivity contribution in [2.24, 2.45) is 0 Å². The summed E-state index contributed by atoms with van der Waals surface area (Å²) in [5, 5.41) is 2.69. The lowest BCUT2D eigenvalue weighted by molar-refractivity contribution is 0.0941. The summed E-state index contributed by atoms with van der Waals surface area (Å²) in [6.07, 6.45) is 0.382. The highest BCUT2D eigenvalue weighted by Gasteiger charge is 2.29. The Morgan fingerprint density at radius 2 is 1.86 bits per heavy atom. The Kier molecular flexibility index (Phi) is 5.49. The smallest absolute Gasteiger partial charge is 0.262 e. The van der Waals surface area contributed by atoms with Gasteiger partial charge in [-0.1, -0.05) is 18.2 Å². The molecule has 3 rings (SSSR count). The summed E-state index contributed by atoms with van der Waals surface area (Å²) in [4.78, 5) is 12.6. The molecule has 2 aromatic rings. The molecule has 1 aliphatic rings. The minimum Gasteiger partial charge on any atom is -0.348 e. The molecule has 1 atom stereocenters. The maximum Gasteiger partial charge on any atom is 0.262 e. The summed E-state index contributed by atoms with van der Waals surface area (Å²) in [7, 11) is -6.91. The number of amides is 1. The van der Waals surface area contributed by atoms with Crippen molar-refractivity contribution in [3.8, 4) is 0 Å². The second-order valence-electron chi connectivity index (χ2n) is 7.03. The molecule has 150 valence electrons. The molecule has 2 N–H and O–H groups in total. The average Bonchev–Trinajstić information content (AvgIpc) is 2.95. The Hall–Kier alpha value is -2.39. The van der Waals surface area contributed by atoms with E-state index in [1.807, 2.05) is 13.0 Å². The molecule has 0 radical (unpaired) electrons. The number of benzene rings is 2. The van der Waals surface area contributed by atoms with E-state index in [2.05, 4.69) is 10.0 Å². The van der Waals surface area contributed by atoms with Crippen molar-refractivity contribution in [3.63, 3.8) is 0 Å². The summed E-state index contributed by atoms with van der Waals surface area (Å²) >= 11 is 0. The fourth-order valence-corrected chi connectivity index (χ4v) is 6.16. The van der Waals surface area contributed by atoms with Gasteiger partial charge in [0.1, 0.15) is 0 Å². The predicted molar refractivity (Wildman–Crippen MR) is 108 cm³/mol. The minimum atomic E-state index is -3.81. The number of hydrogen-bond acceptors (Lipinski definition) is 5. The highest BCUT2D eigenvalue weighted by Crippen LogP contribution is 2.21. The third kappa shape index (κ3) is 4.71. The van der Waals surface area contributed by atoms with Crippen LogP contribution in [0.3, 0.4) is 0 Å². The highest BCUT2D eigenvalue weighted by molar-refractivity contribution is 7.92. The highest BCUT2D eigenvalue weighted by atomic mass is 32.2. The standard InChI is InChI=1S/C19H22N2O5S2/c1-13-6-7-14(2)18(10-13)28(25,26)21-16-5-3-4-15(11-16)19(22)20-17-8-9-27(23,24)12-17/h3-7,10-11,17,21H,8-9,12H2,1-2H3,(H,20,22)/t17-/m1/s1. The minimum absolute atomic E-state index is 0.0631. The Bertz CT molecular complexity index is 1120. The van der Waals surface area contributed by atoms with Crippen LogP contribution >= 0.6 is 0 Å². The van der Waals surface area contributed by atoms with Crippen molar-refractivity contribution in [2.75, 3.05) is 16.2 Å². The SMILES string of the molecule is Cc1ccc(C)c(S(=O)(=O)Nc2cccc(C(=O)N[C@@H]3CCS(=O)(=O)C3)c2)c1. The number of sulfonamides is 1. The molecule has 1 heterocycles. The van der Waals surface area contributed by atoms with Gasteiger partial charge in [0, 0.05) is 17.3 Å². The number of rotatable bonds is 5. The summed E-state index contributed by atoms with van der Waals surface area (Å²) < 4.78 is 51.0. The van der Waals surface area contributed by atoms with Gasteiger partial charge in [-0.05, 0) is 55.7 Å². The van der Waals surface area contributed by atoms with Crippen LogP contribution in [0.2, 0.25) is 0 Å². The van der Waals surface area contributed by atoms with E-state index in [4.69, 9.17) is 0 Å². The molecule has 0 saturated carbocycles. The van der Waals surface area contributed by atoms with Crippen molar-refractivity contribution in [3.05, 3.63) is 59.2 Å². The quantitative estimate of drug-likeness (QED) is 0.766. The van der Waals surface area contributed by atoms with Gasteiger partial charge >= 0.3 is 0 Å². The summed E-state index contributed by atoms with van der Waals surface area (Å²) in [6, 6.07) is 10.9. The third-order valence-electron chi connectivity index (χ3n) is 4.58. The van der Waals surface area contributed by atoms with Crippen LogP contribution in [-0.4, -0.2) is 40.3 Å². The molecular weight excluding hydrogens is 400 g/mol. The van der Waals surface area contributed by atoms with Gasteiger partial charge in [0.2, 0.25) is 0 Å². The van der Waals surface area contributed by atoms with E-state index < -0.39 is 31.8 Å². The van der Waals surface area contributed by atoms with Crippen molar-refractivity contribution in [1.82, 2.24) is 5.32 Å². The lowest BCUT2D eigenvalue weighted by atomic mass is 10.1. The number of nitrogens with one attached hydrogen (secondary N) is 2. The first-order valence-electron chi connectivity index (χ1n) is 8.77. The molecule has 9 heteroatoms. The van der Waals surface area contributed by atoms with Crippen LogP contribution in [0.15, 0.2) is 47.4 Å². The molecule has 1 fully saturated rings. The molecule has 1 amide bonds. The molecule has 2 aromatic carbocycles. The van der Waals surface area contributed by atoms with Gasteiger partial charge in [-0.25, -0.2) is 16.8 Å². The van der Waals surface area contributed by atoms with Crippen molar-refractivity contribution in [1.29, 1.82) is 0 Å². The lowest BCUT2D eigenvalue weighted by Crippen LogP contribution is -2.35. The molecule has 0 aliphatic carbocycles. The number of aryl methyl sites for hydroxylation is 2. The summed E-state index contributed by atoms with van der Waals surface area (Å²) in [5.74, 6) is -0.444. The van der Waals surface area contributed by atoms with Crippen LogP contribution in [0.25, 0.3) is 0 Å². The first kappa shape index (κ1) is 20.3. The van der Waals surface area contributed by atoms with E-state index in [1.165, 1.54) is 6.07 Å². The van der Waals surface area contributed by atoms with Crippen LogP contribution in [0.5, 0.6) is 0 Å². The first-order valence-corrected chi connectivity index (χ1v) is 12.1. The van der Waals surface area contributed by atoms with Gasteiger partial charge in [-0.3, -0.25) is 9.52 Å². The average molecular weight is 423 g/mol. The lowest BCUT2D eigenvalue weighted by Gasteiger charge is -2.13. The van der Waals surface area contributed by atoms with E-state index in [0.717, 1.165) is 5.56 Å². The molecule has 7 nitrogen and oxygen atoms in total. The summed E-state index contributed by atoms with van der Waals surface area (Å²) in [5.41, 5.74) is 1.96. The van der Waals surface area contributed by atoms with Crippen LogP contribution < -0.4 is 10.0 Å². The monoisotopic (exact) mass is 422 g/mol. The topological polar surface area (TPSA) is 109 Å². The van der Waals surface area contributed by atoms with Gasteiger partial charge in [0.15, 0.2) is 9.84 Å². The molecule has 0 unspecified atom stereocenters. The number of sulfone groups is 1. The Morgan fingerprint density at radius 1 is 1.11 bits per heavy atom. The molecule has 28 heavy (non-hydrogen) atoms. The van der Waals surface area contributed by atoms with E-state index in [1.54, 1.807) is 37.3 Å². The zero-order chi connectivity index (χ0) is 20.5. The number of carbonyl (C=O) groups excluding carboxylic acids is 1. The molecule has 0 bridgehead atoms. The number of hydrogen-bond donors (Lipinski definition) is 2. The zero-order valence-corrected chi connectivity index (χ0v) is 17.2. The van der Waals surface area contributed by atoms with E-state index >= 15 is 0 Å². The first-order chi connectivity index (χ1) is 13.1. The molecule has 1 saturated heterocycles. The van der Waals surface area contributed by atoms with Crippen LogP contribution in [-0.2, 0) is 19.9 Å². The Morgan fingerprint density at radius 3 is 2.54 bits per heavy atom. The van der Waals surface area contributed by atoms with Crippen LogP contribution in [0.1, 0.15) is 27.9 Å². The fraction of sp³-hybridized carbons (Fsp3) is 0.316. The third-order valence-corrected chi connectivity index (χ3v) is 7.87. The van der Waals surface area contributed by atoms with E-state index in [9.17, 15) is 21.6 Å². The Labute approximate surface area is 165 Å². The molecule has 0 aromatic heterocycles. The van der Waals surface area contributed by atoms with Crippen LogP contribution in [0.4, 0.5) is 5.69 Å². The fourth-order valence-electron chi connectivity index (χ4n) is 3.11. The Balaban J connectivity index is 1.78.